The van der Waals surface area contributed by atoms with Crippen molar-refractivity contribution in [3.05, 3.63) is 0 Å². The van der Waals surface area contributed by atoms with Crippen LogP contribution in [-0.2, 0) is 0 Å². The smallest absolute Gasteiger partial charge is 0.00952 e. The van der Waals surface area contributed by atoms with Gasteiger partial charge in [0.25, 0.3) is 0 Å². The Morgan fingerprint density at radius 2 is 1.86 bits per heavy atom. The molecule has 1 saturated carbocycles. The molecule has 1 heterocycles. The fourth-order valence-corrected chi connectivity index (χ4v) is 4.55. The largest absolute Gasteiger partial charge is 0.327 e. The van der Waals surface area contributed by atoms with Crippen LogP contribution in [-0.4, -0.2) is 30.1 Å². The van der Waals surface area contributed by atoms with Crippen molar-refractivity contribution in [2.45, 2.75) is 91.1 Å². The quantitative estimate of drug-likeness (QED) is 0.831. The second-order valence-corrected chi connectivity index (χ2v) is 8.73. The lowest BCUT2D eigenvalue weighted by Crippen LogP contribution is -2.49. The average molecular weight is 295 g/mol. The molecule has 0 aromatic heterocycles. The van der Waals surface area contributed by atoms with E-state index < -0.39 is 0 Å². The summed E-state index contributed by atoms with van der Waals surface area (Å²) in [5, 5.41) is 0. The minimum Gasteiger partial charge on any atom is -0.327 e. The van der Waals surface area contributed by atoms with Crippen molar-refractivity contribution in [1.82, 2.24) is 4.90 Å². The zero-order chi connectivity index (χ0) is 15.5. The van der Waals surface area contributed by atoms with Gasteiger partial charge >= 0.3 is 0 Å². The fraction of sp³-hybridized carbons (Fsp3) is 1.00. The molecule has 1 aliphatic carbocycles. The Balaban J connectivity index is 1.95. The first-order valence-corrected chi connectivity index (χ1v) is 9.41. The molecule has 1 saturated heterocycles. The Hall–Kier alpha value is -0.0800. The van der Waals surface area contributed by atoms with Gasteiger partial charge in [-0.25, -0.2) is 0 Å². The molecule has 0 radical (unpaired) electrons. The van der Waals surface area contributed by atoms with E-state index in [0.29, 0.717) is 11.5 Å². The molecule has 0 bridgehead atoms. The lowest BCUT2D eigenvalue weighted by atomic mass is 9.67. The molecule has 2 heteroatoms. The standard InChI is InChI=1S/C19H38N2/c1-5-8-17-9-6-7-12-21(17)14-15-13-16(19(2,3)4)10-11-18(15)20/h15-18H,5-14,20H2,1-4H3. The molecule has 0 amide bonds. The molecule has 4 atom stereocenters. The highest BCUT2D eigenvalue weighted by Crippen LogP contribution is 2.40. The van der Waals surface area contributed by atoms with Gasteiger partial charge in [0.15, 0.2) is 0 Å². The topological polar surface area (TPSA) is 29.3 Å². The summed E-state index contributed by atoms with van der Waals surface area (Å²) in [6.07, 6.45) is 10.9. The Kier molecular flexibility index (Phi) is 6.14. The third-order valence-corrected chi connectivity index (χ3v) is 6.11. The second-order valence-electron chi connectivity index (χ2n) is 8.73. The second kappa shape index (κ2) is 7.46. The molecular weight excluding hydrogens is 256 g/mol. The van der Waals surface area contributed by atoms with E-state index >= 15 is 0 Å². The maximum Gasteiger partial charge on any atom is 0.00952 e. The van der Waals surface area contributed by atoms with Crippen molar-refractivity contribution in [2.75, 3.05) is 13.1 Å². The molecule has 124 valence electrons. The number of hydrogen-bond acceptors (Lipinski definition) is 2. The highest BCUT2D eigenvalue weighted by Gasteiger charge is 2.36. The van der Waals surface area contributed by atoms with Crippen LogP contribution in [0.15, 0.2) is 0 Å². The van der Waals surface area contributed by atoms with E-state index in [9.17, 15) is 0 Å². The third kappa shape index (κ3) is 4.69. The van der Waals surface area contributed by atoms with Crippen molar-refractivity contribution >= 4 is 0 Å². The van der Waals surface area contributed by atoms with Crippen LogP contribution in [0.4, 0.5) is 0 Å². The molecule has 2 rings (SSSR count). The molecule has 1 aliphatic heterocycles. The van der Waals surface area contributed by atoms with Crippen LogP contribution in [0.2, 0.25) is 0 Å². The van der Waals surface area contributed by atoms with E-state index in [0.717, 1.165) is 17.9 Å². The van der Waals surface area contributed by atoms with Gasteiger partial charge in [0.1, 0.15) is 0 Å². The van der Waals surface area contributed by atoms with Crippen LogP contribution in [0, 0.1) is 17.3 Å². The zero-order valence-electron chi connectivity index (χ0n) is 14.9. The molecule has 2 N–H and O–H groups in total. The Morgan fingerprint density at radius 3 is 2.52 bits per heavy atom. The first kappa shape index (κ1) is 17.3. The highest BCUT2D eigenvalue weighted by molar-refractivity contribution is 4.90. The summed E-state index contributed by atoms with van der Waals surface area (Å²) in [5.41, 5.74) is 6.94. The summed E-state index contributed by atoms with van der Waals surface area (Å²) in [6, 6.07) is 1.28. The molecule has 0 spiro atoms. The molecular formula is C19H38N2. The van der Waals surface area contributed by atoms with Crippen molar-refractivity contribution in [3.8, 4) is 0 Å². The van der Waals surface area contributed by atoms with Crippen LogP contribution >= 0.6 is 0 Å². The van der Waals surface area contributed by atoms with Crippen LogP contribution in [0.1, 0.15) is 79.1 Å². The van der Waals surface area contributed by atoms with E-state index in [4.69, 9.17) is 5.73 Å². The van der Waals surface area contributed by atoms with E-state index in [-0.39, 0.29) is 0 Å². The summed E-state index contributed by atoms with van der Waals surface area (Å²) >= 11 is 0. The summed E-state index contributed by atoms with van der Waals surface area (Å²) < 4.78 is 0. The van der Waals surface area contributed by atoms with E-state index in [1.807, 2.05) is 0 Å². The van der Waals surface area contributed by atoms with Crippen molar-refractivity contribution in [2.24, 2.45) is 23.0 Å². The van der Waals surface area contributed by atoms with E-state index in [1.54, 1.807) is 0 Å². The predicted octanol–water partition coefficient (Wildman–Crippen LogP) is 4.43. The number of nitrogens with zero attached hydrogens (tertiary/aromatic N) is 1. The Bertz CT molecular complexity index is 305. The minimum absolute atomic E-state index is 0.438. The number of piperidine rings is 1. The van der Waals surface area contributed by atoms with Crippen LogP contribution < -0.4 is 5.73 Å². The lowest BCUT2D eigenvalue weighted by molar-refractivity contribution is 0.0658. The molecule has 2 aliphatic rings. The van der Waals surface area contributed by atoms with Gasteiger partial charge in [-0.2, -0.15) is 0 Å². The normalized spacial score (nSPS) is 35.9. The van der Waals surface area contributed by atoms with Crippen molar-refractivity contribution < 1.29 is 0 Å². The number of nitrogens with two attached hydrogens (primary N) is 1. The van der Waals surface area contributed by atoms with Gasteiger partial charge in [0.2, 0.25) is 0 Å². The van der Waals surface area contributed by atoms with Crippen LogP contribution in [0.25, 0.3) is 0 Å². The van der Waals surface area contributed by atoms with Gasteiger partial charge in [-0.15, -0.1) is 0 Å². The summed E-state index contributed by atoms with van der Waals surface area (Å²) in [7, 11) is 0. The SMILES string of the molecule is CCCC1CCCCN1CC1CC(C(C)(C)C)CCC1N. The lowest BCUT2D eigenvalue weighted by Gasteiger charge is -2.44. The summed E-state index contributed by atoms with van der Waals surface area (Å²) in [4.78, 5) is 2.79. The van der Waals surface area contributed by atoms with Crippen molar-refractivity contribution in [1.29, 1.82) is 0 Å². The average Bonchev–Trinajstić information content (AvgIpc) is 2.42. The molecule has 0 aromatic carbocycles. The number of rotatable bonds is 4. The monoisotopic (exact) mass is 294 g/mol. The Morgan fingerprint density at radius 1 is 1.10 bits per heavy atom. The molecule has 2 fully saturated rings. The predicted molar refractivity (Wildman–Crippen MR) is 92.4 cm³/mol. The molecule has 21 heavy (non-hydrogen) atoms. The van der Waals surface area contributed by atoms with Gasteiger partial charge in [-0.3, -0.25) is 0 Å². The maximum absolute atomic E-state index is 6.49. The third-order valence-electron chi connectivity index (χ3n) is 6.11. The molecule has 4 unspecified atom stereocenters. The summed E-state index contributed by atoms with van der Waals surface area (Å²) in [5.74, 6) is 1.58. The minimum atomic E-state index is 0.438. The molecule has 2 nitrogen and oxygen atoms in total. The van der Waals surface area contributed by atoms with Gasteiger partial charge in [0.05, 0.1) is 0 Å². The van der Waals surface area contributed by atoms with Crippen LogP contribution in [0.3, 0.4) is 0 Å². The first-order valence-electron chi connectivity index (χ1n) is 9.41. The highest BCUT2D eigenvalue weighted by atomic mass is 15.2. The van der Waals surface area contributed by atoms with E-state index in [1.165, 1.54) is 64.5 Å². The van der Waals surface area contributed by atoms with Gasteiger partial charge in [-0.1, -0.05) is 40.5 Å². The van der Waals surface area contributed by atoms with Crippen molar-refractivity contribution in [3.63, 3.8) is 0 Å². The number of hydrogen-bond donors (Lipinski definition) is 1. The van der Waals surface area contributed by atoms with Gasteiger partial charge in [0, 0.05) is 18.6 Å². The van der Waals surface area contributed by atoms with E-state index in [2.05, 4.69) is 32.6 Å². The van der Waals surface area contributed by atoms with Gasteiger partial charge in [-0.05, 0) is 62.3 Å². The maximum atomic E-state index is 6.49. The zero-order valence-corrected chi connectivity index (χ0v) is 14.9. The summed E-state index contributed by atoms with van der Waals surface area (Å²) in [6.45, 7) is 12.1. The molecule has 0 aromatic rings. The fourth-order valence-electron chi connectivity index (χ4n) is 4.55. The van der Waals surface area contributed by atoms with Crippen LogP contribution in [0.5, 0.6) is 0 Å². The number of likely N-dealkylation sites (tertiary alicyclic amines) is 1. The first-order chi connectivity index (χ1) is 9.91. The Labute approximate surface area is 132 Å². The van der Waals surface area contributed by atoms with Gasteiger partial charge < -0.3 is 10.6 Å².